The summed E-state index contributed by atoms with van der Waals surface area (Å²) >= 11 is 1.85. The van der Waals surface area contributed by atoms with Gasteiger partial charge in [-0.15, -0.1) is 11.3 Å². The monoisotopic (exact) mass is 657 g/mol. The summed E-state index contributed by atoms with van der Waals surface area (Å²) in [5, 5.41) is 10.4. The van der Waals surface area contributed by atoms with Crippen LogP contribution < -0.4 is 0 Å². The first kappa shape index (κ1) is 26.5. The SMILES string of the molecule is c1ccc2c(c1)oc1c(-c3nc(-n4c5ccccc5c5c6ccccc6c6sc7ccccc7c6c54)nc4c3oc3ccccc34)cccc12. The van der Waals surface area contributed by atoms with E-state index in [0.717, 1.165) is 60.4 Å². The number of para-hydroxylation sites is 4. The van der Waals surface area contributed by atoms with Gasteiger partial charge in [-0.25, -0.2) is 9.97 Å². The Balaban J connectivity index is 1.31. The van der Waals surface area contributed by atoms with Crippen LogP contribution in [0.3, 0.4) is 0 Å². The van der Waals surface area contributed by atoms with Crippen LogP contribution in [0.15, 0.2) is 148 Å². The van der Waals surface area contributed by atoms with Gasteiger partial charge in [0.05, 0.1) is 11.0 Å². The maximum Gasteiger partial charge on any atom is 0.236 e. The zero-order valence-corrected chi connectivity index (χ0v) is 27.2. The fourth-order valence-corrected chi connectivity index (χ4v) is 9.36. The molecule has 5 nitrogen and oxygen atoms in total. The van der Waals surface area contributed by atoms with Gasteiger partial charge in [0.25, 0.3) is 0 Å². The smallest absolute Gasteiger partial charge is 0.236 e. The predicted octanol–water partition coefficient (Wildman–Crippen LogP) is 12.6. The lowest BCUT2D eigenvalue weighted by atomic mass is 10.00. The van der Waals surface area contributed by atoms with Crippen molar-refractivity contribution in [3.05, 3.63) is 140 Å². The molecule has 0 spiro atoms. The Morgan fingerprint density at radius 2 is 1.12 bits per heavy atom. The lowest BCUT2D eigenvalue weighted by Gasteiger charge is -2.11. The molecule has 6 heteroatoms. The van der Waals surface area contributed by atoms with Crippen molar-refractivity contribution < 1.29 is 8.83 Å². The van der Waals surface area contributed by atoms with Gasteiger partial charge >= 0.3 is 0 Å². The Morgan fingerprint density at radius 3 is 1.98 bits per heavy atom. The van der Waals surface area contributed by atoms with E-state index in [4.69, 9.17) is 18.8 Å². The summed E-state index contributed by atoms with van der Waals surface area (Å²) in [5.74, 6) is 0.588. The number of hydrogen-bond acceptors (Lipinski definition) is 5. The van der Waals surface area contributed by atoms with Crippen molar-refractivity contribution in [2.45, 2.75) is 0 Å². The fourth-order valence-electron chi connectivity index (χ4n) is 8.12. The van der Waals surface area contributed by atoms with Crippen LogP contribution in [0, 0.1) is 0 Å². The topological polar surface area (TPSA) is 57.0 Å². The Morgan fingerprint density at radius 1 is 0.480 bits per heavy atom. The van der Waals surface area contributed by atoms with Crippen LogP contribution in [-0.4, -0.2) is 14.5 Å². The number of furan rings is 2. The van der Waals surface area contributed by atoms with E-state index in [0.29, 0.717) is 17.2 Å². The second-order valence-electron chi connectivity index (χ2n) is 12.9. The Labute approximate surface area is 287 Å². The van der Waals surface area contributed by atoms with Gasteiger partial charge in [-0.2, -0.15) is 0 Å². The molecule has 0 saturated carbocycles. The van der Waals surface area contributed by atoms with Gasteiger partial charge < -0.3 is 8.83 Å². The standard InChI is InChI=1S/C44H23N3O2S/c1-2-14-27-25(13-1)36-28-15-3-7-20-32(28)47(40(36)37-30-17-6-10-23-35(30)50-43(27)37)44-45-38-29-16-5-9-22-34(29)49-42(38)39(46-44)31-19-11-18-26-24-12-4-8-21-33(24)48-41(26)31/h1-23H. The van der Waals surface area contributed by atoms with Crippen molar-refractivity contribution in [2.75, 3.05) is 0 Å². The number of aromatic nitrogens is 3. The Hall–Kier alpha value is -6.50. The predicted molar refractivity (Wildman–Crippen MR) is 207 cm³/mol. The molecule has 0 N–H and O–H groups in total. The van der Waals surface area contributed by atoms with Gasteiger partial charge in [-0.1, -0.05) is 103 Å². The summed E-state index contributed by atoms with van der Waals surface area (Å²) in [5.41, 5.74) is 7.52. The lowest BCUT2D eigenvalue weighted by Crippen LogP contribution is -2.03. The lowest BCUT2D eigenvalue weighted by molar-refractivity contribution is 0.662. The minimum absolute atomic E-state index is 0.588. The zero-order valence-electron chi connectivity index (χ0n) is 26.3. The van der Waals surface area contributed by atoms with E-state index < -0.39 is 0 Å². The minimum atomic E-state index is 0.588. The molecule has 5 aromatic heterocycles. The van der Waals surface area contributed by atoms with Gasteiger partial charge in [0.15, 0.2) is 5.58 Å². The highest BCUT2D eigenvalue weighted by molar-refractivity contribution is 7.27. The highest BCUT2D eigenvalue weighted by Gasteiger charge is 2.26. The van der Waals surface area contributed by atoms with Crippen molar-refractivity contribution in [2.24, 2.45) is 0 Å². The van der Waals surface area contributed by atoms with E-state index in [9.17, 15) is 0 Å². The summed E-state index contributed by atoms with van der Waals surface area (Å²) in [6.07, 6.45) is 0. The van der Waals surface area contributed by atoms with Crippen LogP contribution >= 0.6 is 11.3 Å². The highest BCUT2D eigenvalue weighted by atomic mass is 32.1. The van der Waals surface area contributed by atoms with Gasteiger partial charge in [0.2, 0.25) is 5.95 Å². The van der Waals surface area contributed by atoms with E-state index in [2.05, 4.69) is 108 Å². The summed E-state index contributed by atoms with van der Waals surface area (Å²) in [6, 6.07) is 48.7. The molecule has 50 heavy (non-hydrogen) atoms. The third-order valence-electron chi connectivity index (χ3n) is 10.2. The zero-order chi connectivity index (χ0) is 32.5. The molecular formula is C44H23N3O2S. The van der Waals surface area contributed by atoms with Crippen molar-refractivity contribution in [1.82, 2.24) is 14.5 Å². The third-order valence-corrected chi connectivity index (χ3v) is 11.4. The van der Waals surface area contributed by atoms with Gasteiger partial charge in [0, 0.05) is 58.1 Å². The molecule has 0 saturated heterocycles. The second-order valence-corrected chi connectivity index (χ2v) is 13.9. The number of rotatable bonds is 2. The number of hydrogen-bond donors (Lipinski definition) is 0. The molecule has 0 amide bonds. The normalized spacial score (nSPS) is 12.4. The van der Waals surface area contributed by atoms with Crippen LogP contribution in [-0.2, 0) is 0 Å². The van der Waals surface area contributed by atoms with Gasteiger partial charge in [-0.3, -0.25) is 4.57 Å². The average molecular weight is 658 g/mol. The third kappa shape index (κ3) is 3.35. The highest BCUT2D eigenvalue weighted by Crippen LogP contribution is 2.48. The van der Waals surface area contributed by atoms with Gasteiger partial charge in [-0.05, 0) is 41.8 Å². The van der Waals surface area contributed by atoms with Crippen LogP contribution in [0.1, 0.15) is 0 Å². The molecule has 0 bridgehead atoms. The number of thiophene rings is 1. The molecule has 7 aromatic carbocycles. The van der Waals surface area contributed by atoms with Crippen LogP contribution in [0.5, 0.6) is 0 Å². The molecule has 12 rings (SSSR count). The van der Waals surface area contributed by atoms with Crippen LogP contribution in [0.25, 0.3) is 114 Å². The first-order chi connectivity index (χ1) is 24.8. The molecule has 0 aliphatic heterocycles. The van der Waals surface area contributed by atoms with Crippen molar-refractivity contribution in [3.8, 4) is 17.2 Å². The molecule has 0 atom stereocenters. The molecule has 12 aromatic rings. The largest absolute Gasteiger partial charge is 0.455 e. The maximum atomic E-state index is 6.61. The van der Waals surface area contributed by atoms with E-state index in [1.165, 1.54) is 36.3 Å². The molecule has 0 aliphatic rings. The number of fused-ring (bicyclic) bond motifs is 16. The first-order valence-corrected chi connectivity index (χ1v) is 17.5. The van der Waals surface area contributed by atoms with Crippen molar-refractivity contribution >= 4 is 108 Å². The molecule has 0 fully saturated rings. The molecule has 0 aliphatic carbocycles. The van der Waals surface area contributed by atoms with E-state index in [1.807, 2.05) is 47.7 Å². The summed E-state index contributed by atoms with van der Waals surface area (Å²) in [4.78, 5) is 10.9. The van der Waals surface area contributed by atoms with E-state index in [-0.39, 0.29) is 0 Å². The molecule has 5 heterocycles. The quantitative estimate of drug-likeness (QED) is 0.186. The van der Waals surface area contributed by atoms with Crippen molar-refractivity contribution in [1.29, 1.82) is 0 Å². The average Bonchev–Trinajstić information content (AvgIpc) is 3.93. The van der Waals surface area contributed by atoms with E-state index >= 15 is 0 Å². The van der Waals surface area contributed by atoms with E-state index in [1.54, 1.807) is 0 Å². The molecule has 0 unspecified atom stereocenters. The number of benzene rings is 7. The first-order valence-electron chi connectivity index (χ1n) is 16.7. The van der Waals surface area contributed by atoms with Crippen LogP contribution in [0.2, 0.25) is 0 Å². The number of nitrogens with zero attached hydrogens (tertiary/aromatic N) is 3. The molecule has 232 valence electrons. The fraction of sp³-hybridized carbons (Fsp3) is 0. The van der Waals surface area contributed by atoms with Crippen molar-refractivity contribution in [3.63, 3.8) is 0 Å². The Kier molecular flexibility index (Phi) is 5.06. The molecular weight excluding hydrogens is 635 g/mol. The van der Waals surface area contributed by atoms with Crippen LogP contribution in [0.4, 0.5) is 0 Å². The maximum absolute atomic E-state index is 6.61. The summed E-state index contributed by atoms with van der Waals surface area (Å²) in [6.45, 7) is 0. The summed E-state index contributed by atoms with van der Waals surface area (Å²) < 4.78 is 18.0. The summed E-state index contributed by atoms with van der Waals surface area (Å²) in [7, 11) is 0. The Bertz CT molecular complexity index is 3400. The second kappa shape index (κ2) is 9.56. The van der Waals surface area contributed by atoms with Gasteiger partial charge in [0.1, 0.15) is 28.0 Å². The minimum Gasteiger partial charge on any atom is -0.455 e. The molecule has 0 radical (unpaired) electrons.